The molecule has 0 radical (unpaired) electrons. The average molecular weight is 376 g/mol. The van der Waals surface area contributed by atoms with Gasteiger partial charge in [0.1, 0.15) is 12.1 Å². The number of fused-ring (bicyclic) bond motifs is 1. The Morgan fingerprint density at radius 2 is 1.86 bits per heavy atom. The van der Waals surface area contributed by atoms with Crippen LogP contribution in [0.15, 0.2) is 72.1 Å². The second-order valence-electron chi connectivity index (χ2n) is 6.73. The third kappa shape index (κ3) is 2.93. The van der Waals surface area contributed by atoms with E-state index >= 15 is 0 Å². The Hall–Kier alpha value is -3.52. The molecular weight excluding hydrogens is 356 g/mol. The van der Waals surface area contributed by atoms with Gasteiger partial charge >= 0.3 is 0 Å². The molecule has 3 aromatic rings. The van der Waals surface area contributed by atoms with Crippen molar-refractivity contribution in [2.45, 2.75) is 0 Å². The van der Waals surface area contributed by atoms with E-state index in [4.69, 9.17) is 4.84 Å². The highest BCUT2D eigenvalue weighted by atomic mass is 16.7. The molecule has 0 bridgehead atoms. The molecule has 2 aliphatic heterocycles. The van der Waals surface area contributed by atoms with E-state index in [-0.39, 0.29) is 5.43 Å². The van der Waals surface area contributed by atoms with Gasteiger partial charge in [0.2, 0.25) is 0 Å². The molecule has 28 heavy (non-hydrogen) atoms. The SMILES string of the molecule is O=c1ccn(N2C=CON2)c2cc(N3CCN(c4ccccn4)CC3)ccc12. The number of rotatable bonds is 3. The smallest absolute Gasteiger partial charge is 0.189 e. The van der Waals surface area contributed by atoms with Crippen LogP contribution in [0.1, 0.15) is 0 Å². The van der Waals surface area contributed by atoms with Crippen molar-refractivity contribution in [3.8, 4) is 0 Å². The van der Waals surface area contributed by atoms with Crippen LogP contribution in [0.25, 0.3) is 10.9 Å². The number of aromatic nitrogens is 2. The molecule has 0 amide bonds. The molecule has 8 heteroatoms. The fourth-order valence-corrected chi connectivity index (χ4v) is 3.66. The van der Waals surface area contributed by atoms with Crippen LogP contribution in [-0.2, 0) is 4.84 Å². The van der Waals surface area contributed by atoms with E-state index in [0.717, 1.165) is 43.2 Å². The minimum absolute atomic E-state index is 0.00173. The molecule has 1 aromatic carbocycles. The summed E-state index contributed by atoms with van der Waals surface area (Å²) in [5, 5.41) is 2.35. The normalized spacial score (nSPS) is 16.6. The molecule has 142 valence electrons. The van der Waals surface area contributed by atoms with Crippen molar-refractivity contribution in [1.29, 1.82) is 0 Å². The standard InChI is InChI=1S/C20H20N6O2/c27-19-6-8-25(26-13-14-28-22-26)18-15-16(4-5-17(18)19)23-9-11-24(12-10-23)20-3-1-2-7-21-20/h1-8,13-15,22H,9-12H2. The maximum Gasteiger partial charge on any atom is 0.189 e. The third-order valence-electron chi connectivity index (χ3n) is 5.13. The number of pyridine rings is 2. The number of anilines is 2. The molecule has 1 N–H and O–H groups in total. The molecule has 0 atom stereocenters. The van der Waals surface area contributed by atoms with E-state index in [2.05, 4.69) is 26.4 Å². The number of hydrogen-bond acceptors (Lipinski definition) is 7. The molecule has 0 aliphatic carbocycles. The molecule has 0 saturated carbocycles. The second kappa shape index (κ2) is 6.90. The number of nitrogens with zero attached hydrogens (tertiary/aromatic N) is 5. The molecule has 1 fully saturated rings. The number of piperazine rings is 1. The van der Waals surface area contributed by atoms with Crippen LogP contribution in [0.5, 0.6) is 0 Å². The van der Waals surface area contributed by atoms with E-state index < -0.39 is 0 Å². The monoisotopic (exact) mass is 376 g/mol. The summed E-state index contributed by atoms with van der Waals surface area (Å²) in [7, 11) is 0. The second-order valence-corrected chi connectivity index (χ2v) is 6.73. The van der Waals surface area contributed by atoms with Gasteiger partial charge in [-0.15, -0.1) is 0 Å². The first kappa shape index (κ1) is 16.6. The summed E-state index contributed by atoms with van der Waals surface area (Å²) in [6.07, 6.45) is 6.86. The molecular formula is C20H20N6O2. The summed E-state index contributed by atoms with van der Waals surface area (Å²) in [5.41, 5.74) is 4.68. The minimum Gasteiger partial charge on any atom is -0.394 e. The van der Waals surface area contributed by atoms with Gasteiger partial charge in [0.25, 0.3) is 0 Å². The number of hydrazine groups is 1. The van der Waals surface area contributed by atoms with Crippen LogP contribution in [-0.4, -0.2) is 35.8 Å². The van der Waals surface area contributed by atoms with Crippen LogP contribution in [0.4, 0.5) is 11.5 Å². The minimum atomic E-state index is 0.00173. The molecule has 1 saturated heterocycles. The fourth-order valence-electron chi connectivity index (χ4n) is 3.66. The zero-order valence-corrected chi connectivity index (χ0v) is 15.2. The van der Waals surface area contributed by atoms with Gasteiger partial charge in [-0.05, 0) is 35.9 Å². The van der Waals surface area contributed by atoms with E-state index in [9.17, 15) is 4.79 Å². The predicted molar refractivity (Wildman–Crippen MR) is 108 cm³/mol. The Bertz CT molecular complexity index is 1070. The van der Waals surface area contributed by atoms with Crippen LogP contribution >= 0.6 is 0 Å². The Morgan fingerprint density at radius 1 is 1.00 bits per heavy atom. The van der Waals surface area contributed by atoms with E-state index in [1.165, 1.54) is 0 Å². The molecule has 0 unspecified atom stereocenters. The summed E-state index contributed by atoms with van der Waals surface area (Å²) >= 11 is 0. The molecule has 4 heterocycles. The Balaban J connectivity index is 1.43. The summed E-state index contributed by atoms with van der Waals surface area (Å²) < 4.78 is 1.86. The van der Waals surface area contributed by atoms with Crippen LogP contribution < -0.4 is 25.9 Å². The summed E-state index contributed by atoms with van der Waals surface area (Å²) in [6, 6.07) is 13.5. The Labute approximate surface area is 161 Å². The van der Waals surface area contributed by atoms with Crippen LogP contribution in [0.2, 0.25) is 0 Å². The van der Waals surface area contributed by atoms with E-state index in [1.54, 1.807) is 29.8 Å². The topological polar surface area (TPSA) is 65.9 Å². The van der Waals surface area contributed by atoms with Gasteiger partial charge in [-0.2, -0.15) is 5.12 Å². The maximum absolute atomic E-state index is 12.3. The first-order valence-corrected chi connectivity index (χ1v) is 9.23. The van der Waals surface area contributed by atoms with Gasteiger partial charge in [-0.3, -0.25) is 4.79 Å². The molecule has 5 rings (SSSR count). The molecule has 0 spiro atoms. The van der Waals surface area contributed by atoms with Crippen molar-refractivity contribution in [2.75, 3.05) is 41.1 Å². The van der Waals surface area contributed by atoms with E-state index in [1.807, 2.05) is 41.2 Å². The van der Waals surface area contributed by atoms with Gasteiger partial charge < -0.3 is 14.6 Å². The highest BCUT2D eigenvalue weighted by Crippen LogP contribution is 2.23. The van der Waals surface area contributed by atoms with Crippen LogP contribution in [0.3, 0.4) is 0 Å². The van der Waals surface area contributed by atoms with Gasteiger partial charge in [0, 0.05) is 55.7 Å². The predicted octanol–water partition coefficient (Wildman–Crippen LogP) is 1.58. The van der Waals surface area contributed by atoms with Gasteiger partial charge in [0.15, 0.2) is 5.43 Å². The zero-order valence-electron chi connectivity index (χ0n) is 15.2. The molecule has 2 aliphatic rings. The Kier molecular flexibility index (Phi) is 4.10. The van der Waals surface area contributed by atoms with Crippen molar-refractivity contribution in [3.05, 3.63) is 77.5 Å². The lowest BCUT2D eigenvalue weighted by atomic mass is 10.1. The first-order chi connectivity index (χ1) is 13.8. The van der Waals surface area contributed by atoms with Crippen LogP contribution in [0, 0.1) is 0 Å². The summed E-state index contributed by atoms with van der Waals surface area (Å²) in [5.74, 6) is 1.02. The van der Waals surface area contributed by atoms with Crippen molar-refractivity contribution in [1.82, 2.24) is 15.2 Å². The largest absolute Gasteiger partial charge is 0.394 e. The summed E-state index contributed by atoms with van der Waals surface area (Å²) in [4.78, 5) is 26.4. The maximum atomic E-state index is 12.3. The molecule has 8 nitrogen and oxygen atoms in total. The van der Waals surface area contributed by atoms with Gasteiger partial charge in [-0.25, -0.2) is 9.66 Å². The zero-order chi connectivity index (χ0) is 18.9. The number of benzene rings is 1. The van der Waals surface area contributed by atoms with Crippen molar-refractivity contribution in [3.63, 3.8) is 0 Å². The number of nitrogens with one attached hydrogen (secondary N) is 1. The highest BCUT2D eigenvalue weighted by Gasteiger charge is 2.19. The fraction of sp³-hybridized carbons (Fsp3) is 0.200. The average Bonchev–Trinajstić information content (AvgIpc) is 3.29. The first-order valence-electron chi connectivity index (χ1n) is 9.23. The lowest BCUT2D eigenvalue weighted by Gasteiger charge is -2.37. The third-order valence-corrected chi connectivity index (χ3v) is 5.13. The molecule has 2 aromatic heterocycles. The van der Waals surface area contributed by atoms with Crippen molar-refractivity contribution >= 4 is 22.4 Å². The Morgan fingerprint density at radius 3 is 2.61 bits per heavy atom. The highest BCUT2D eigenvalue weighted by molar-refractivity contribution is 5.83. The lowest BCUT2D eigenvalue weighted by molar-refractivity contribution is 0.141. The quantitative estimate of drug-likeness (QED) is 0.745. The van der Waals surface area contributed by atoms with Crippen molar-refractivity contribution < 1.29 is 4.84 Å². The lowest BCUT2D eigenvalue weighted by Crippen LogP contribution is -2.46. The summed E-state index contributed by atoms with van der Waals surface area (Å²) in [6.45, 7) is 3.59. The van der Waals surface area contributed by atoms with Gasteiger partial charge in [-0.1, -0.05) is 6.07 Å². The number of hydrogen-bond donors (Lipinski definition) is 1. The van der Waals surface area contributed by atoms with Gasteiger partial charge in [0.05, 0.1) is 11.7 Å². The van der Waals surface area contributed by atoms with E-state index in [0.29, 0.717) is 5.39 Å². The van der Waals surface area contributed by atoms with Crippen molar-refractivity contribution in [2.24, 2.45) is 0 Å².